The lowest BCUT2D eigenvalue weighted by Crippen LogP contribution is -2.42. The second kappa shape index (κ2) is 15.7. The van der Waals surface area contributed by atoms with Crippen LogP contribution in [0.5, 0.6) is 11.5 Å². The van der Waals surface area contributed by atoms with E-state index in [2.05, 4.69) is 4.99 Å². The molecule has 9 heteroatoms. The number of aliphatic hydroxyl groups excluding tert-OH is 1. The van der Waals surface area contributed by atoms with Gasteiger partial charge in [0.1, 0.15) is 18.0 Å². The summed E-state index contributed by atoms with van der Waals surface area (Å²) in [5.41, 5.74) is 10.5. The van der Waals surface area contributed by atoms with E-state index in [1.54, 1.807) is 4.90 Å². The lowest BCUT2D eigenvalue weighted by molar-refractivity contribution is -0.135. The number of nitrogens with zero attached hydrogens (tertiary/aromatic N) is 3. The van der Waals surface area contributed by atoms with E-state index >= 15 is 0 Å². The molecule has 9 nitrogen and oxygen atoms in total. The first-order valence-electron chi connectivity index (χ1n) is 14.9. The van der Waals surface area contributed by atoms with Crippen molar-refractivity contribution in [1.82, 2.24) is 4.90 Å². The number of carbonyl (C=O) groups is 2. The van der Waals surface area contributed by atoms with Gasteiger partial charge in [-0.05, 0) is 74.6 Å². The van der Waals surface area contributed by atoms with Gasteiger partial charge in [-0.25, -0.2) is 9.79 Å². The Balaban J connectivity index is 1.28. The van der Waals surface area contributed by atoms with E-state index in [9.17, 15) is 9.59 Å². The monoisotopic (exact) mass is 586 g/mol. The topological polar surface area (TPSA) is 118 Å². The Morgan fingerprint density at radius 3 is 2.44 bits per heavy atom. The number of hydrogen-bond acceptors (Lipinski definition) is 8. The molecule has 0 atom stereocenters. The van der Waals surface area contributed by atoms with Gasteiger partial charge in [0.2, 0.25) is 5.91 Å². The second-order valence-corrected chi connectivity index (χ2v) is 10.8. The molecule has 0 bridgehead atoms. The minimum Gasteiger partial charge on any atom is -0.494 e. The Bertz CT molecular complexity index is 1390. The predicted octanol–water partition coefficient (Wildman–Crippen LogP) is 5.42. The Morgan fingerprint density at radius 2 is 1.70 bits per heavy atom. The largest absolute Gasteiger partial charge is 0.494 e. The normalized spacial score (nSPS) is 12.3. The summed E-state index contributed by atoms with van der Waals surface area (Å²) in [6, 6.07) is 21.1. The fraction of sp³-hybridized carbons (Fsp3) is 0.382. The Labute approximate surface area is 253 Å². The van der Waals surface area contributed by atoms with Crippen LogP contribution in [0.2, 0.25) is 0 Å². The molecule has 0 unspecified atom stereocenters. The van der Waals surface area contributed by atoms with E-state index in [1.165, 1.54) is 0 Å². The van der Waals surface area contributed by atoms with Crippen molar-refractivity contribution in [3.05, 3.63) is 83.4 Å². The number of carbonyl (C=O) groups excluding carboxylic acids is 2. The summed E-state index contributed by atoms with van der Waals surface area (Å²) in [6.45, 7) is 5.42. The molecule has 1 aliphatic heterocycles. The highest BCUT2D eigenvalue weighted by Crippen LogP contribution is 2.30. The van der Waals surface area contributed by atoms with Gasteiger partial charge < -0.3 is 30.1 Å². The van der Waals surface area contributed by atoms with E-state index in [4.69, 9.17) is 20.3 Å². The molecule has 0 spiro atoms. The van der Waals surface area contributed by atoms with Gasteiger partial charge in [-0.3, -0.25) is 4.79 Å². The van der Waals surface area contributed by atoms with Crippen molar-refractivity contribution in [2.45, 2.75) is 58.9 Å². The zero-order chi connectivity index (χ0) is 30.6. The highest BCUT2D eigenvalue weighted by molar-refractivity contribution is 5.93. The Kier molecular flexibility index (Phi) is 11.6. The van der Waals surface area contributed by atoms with Gasteiger partial charge in [0, 0.05) is 37.4 Å². The molecule has 1 amide bonds. The number of fused-ring (bicyclic) bond motifs is 1. The Morgan fingerprint density at radius 1 is 0.953 bits per heavy atom. The number of unbranched alkanes of at least 4 members (excludes halogenated alkanes) is 3. The minimum atomic E-state index is -0.411. The van der Waals surface area contributed by atoms with Crippen LogP contribution in [-0.2, 0) is 16.1 Å². The van der Waals surface area contributed by atoms with E-state index in [0.717, 1.165) is 53.7 Å². The van der Waals surface area contributed by atoms with E-state index in [0.29, 0.717) is 44.0 Å². The number of amides is 1. The van der Waals surface area contributed by atoms with Gasteiger partial charge in [-0.1, -0.05) is 49.2 Å². The number of nitrogens with two attached hydrogens (primary N) is 1. The van der Waals surface area contributed by atoms with Crippen LogP contribution in [0.15, 0.2) is 71.7 Å². The maximum atomic E-state index is 13.1. The number of guanidine groups is 1. The summed E-state index contributed by atoms with van der Waals surface area (Å²) in [7, 11) is 0. The summed E-state index contributed by atoms with van der Waals surface area (Å²) >= 11 is 0. The summed E-state index contributed by atoms with van der Waals surface area (Å²) < 4.78 is 11.6. The standard InChI is InChI=1S/C34H42N4O5/c1-25-12-10-13-26(2)33(25)43-32(41)24-37-23-27-22-29(17-18-30(27)36-34(37)35)42-21-11-16-31(40)38(19-8-3-4-9-20-39)28-14-6-5-7-15-28/h5-7,10,12-15,17-18,22,39H,3-4,8-9,11,16,19-21,23-24H2,1-2H3,(H2,35,36). The number of para-hydroxylation sites is 2. The van der Waals surface area contributed by atoms with Crippen LogP contribution in [0.25, 0.3) is 0 Å². The molecule has 1 aliphatic rings. The zero-order valence-electron chi connectivity index (χ0n) is 25.1. The molecule has 0 aromatic heterocycles. The molecule has 0 saturated carbocycles. The molecular weight excluding hydrogens is 544 g/mol. The number of hydrogen-bond donors (Lipinski definition) is 2. The van der Waals surface area contributed by atoms with Gasteiger partial charge in [-0.2, -0.15) is 0 Å². The fourth-order valence-corrected chi connectivity index (χ4v) is 5.06. The molecule has 43 heavy (non-hydrogen) atoms. The third-order valence-corrected chi connectivity index (χ3v) is 7.38. The average Bonchev–Trinajstić information content (AvgIpc) is 3.00. The molecule has 0 saturated heterocycles. The molecule has 4 rings (SSSR count). The third-order valence-electron chi connectivity index (χ3n) is 7.38. The summed E-state index contributed by atoms with van der Waals surface area (Å²) in [4.78, 5) is 33.9. The van der Waals surface area contributed by atoms with Crippen LogP contribution >= 0.6 is 0 Å². The number of benzene rings is 3. The van der Waals surface area contributed by atoms with Crippen molar-refractivity contribution < 1.29 is 24.2 Å². The van der Waals surface area contributed by atoms with Crippen LogP contribution in [-0.4, -0.2) is 54.1 Å². The summed E-state index contributed by atoms with van der Waals surface area (Å²) in [6.07, 6.45) is 4.55. The predicted molar refractivity (Wildman–Crippen MR) is 169 cm³/mol. The molecule has 0 aliphatic carbocycles. The van der Waals surface area contributed by atoms with Crippen molar-refractivity contribution >= 4 is 29.2 Å². The molecule has 1 heterocycles. The SMILES string of the molecule is Cc1cccc(C)c1OC(=O)CN1Cc2cc(OCCCC(=O)N(CCCCCCO)c3ccccc3)ccc2N=C1N. The molecule has 228 valence electrons. The van der Waals surface area contributed by atoms with Gasteiger partial charge in [-0.15, -0.1) is 0 Å². The Hall–Kier alpha value is -4.37. The van der Waals surface area contributed by atoms with Gasteiger partial charge in [0.05, 0.1) is 12.3 Å². The fourth-order valence-electron chi connectivity index (χ4n) is 5.06. The highest BCUT2D eigenvalue weighted by atomic mass is 16.5. The smallest absolute Gasteiger partial charge is 0.331 e. The van der Waals surface area contributed by atoms with Crippen molar-refractivity contribution in [2.24, 2.45) is 10.7 Å². The molecule has 3 aromatic rings. The summed E-state index contributed by atoms with van der Waals surface area (Å²) in [5.74, 6) is 1.15. The molecule has 3 N–H and O–H groups in total. The third kappa shape index (κ3) is 9.06. The van der Waals surface area contributed by atoms with Crippen molar-refractivity contribution in [3.8, 4) is 11.5 Å². The zero-order valence-corrected chi connectivity index (χ0v) is 25.1. The maximum absolute atomic E-state index is 13.1. The number of rotatable bonds is 15. The number of aryl methyl sites for hydroxylation is 2. The van der Waals surface area contributed by atoms with Crippen molar-refractivity contribution in [2.75, 3.05) is 31.2 Å². The second-order valence-electron chi connectivity index (χ2n) is 10.8. The molecule has 3 aromatic carbocycles. The van der Waals surface area contributed by atoms with Crippen LogP contribution in [0, 0.1) is 13.8 Å². The first-order valence-corrected chi connectivity index (χ1v) is 14.9. The van der Waals surface area contributed by atoms with Crippen molar-refractivity contribution in [3.63, 3.8) is 0 Å². The highest BCUT2D eigenvalue weighted by Gasteiger charge is 2.22. The lowest BCUT2D eigenvalue weighted by Gasteiger charge is -2.27. The van der Waals surface area contributed by atoms with Crippen LogP contribution in [0.3, 0.4) is 0 Å². The number of anilines is 1. The number of esters is 1. The maximum Gasteiger partial charge on any atom is 0.331 e. The van der Waals surface area contributed by atoms with Gasteiger partial charge >= 0.3 is 5.97 Å². The lowest BCUT2D eigenvalue weighted by atomic mass is 10.1. The average molecular weight is 587 g/mol. The van der Waals surface area contributed by atoms with E-state index in [-0.39, 0.29) is 25.0 Å². The van der Waals surface area contributed by atoms with Crippen LogP contribution in [0.1, 0.15) is 55.2 Å². The van der Waals surface area contributed by atoms with Gasteiger partial charge in [0.15, 0.2) is 5.96 Å². The quantitative estimate of drug-likeness (QED) is 0.139. The summed E-state index contributed by atoms with van der Waals surface area (Å²) in [5, 5.41) is 9.01. The molecule has 0 radical (unpaired) electrons. The van der Waals surface area contributed by atoms with Crippen LogP contribution < -0.4 is 20.1 Å². The van der Waals surface area contributed by atoms with E-state index < -0.39 is 5.97 Å². The first-order chi connectivity index (χ1) is 20.9. The molecule has 0 fully saturated rings. The van der Waals surface area contributed by atoms with Gasteiger partial charge in [0.25, 0.3) is 0 Å². The van der Waals surface area contributed by atoms with Crippen LogP contribution in [0.4, 0.5) is 11.4 Å². The van der Waals surface area contributed by atoms with Crippen molar-refractivity contribution in [1.29, 1.82) is 0 Å². The minimum absolute atomic E-state index is 0.0326. The van der Waals surface area contributed by atoms with E-state index in [1.807, 2.05) is 85.5 Å². The first kappa shape index (κ1) is 31.6. The number of ether oxygens (including phenoxy) is 2. The number of aliphatic imine (C=N–C) groups is 1. The molecular formula is C34H42N4O5. The number of aliphatic hydroxyl groups is 1.